The minimum Gasteiger partial charge on any atom is -0.479 e. The van der Waals surface area contributed by atoms with Crippen molar-refractivity contribution in [3.63, 3.8) is 0 Å². The Hall–Kier alpha value is -1.79. The van der Waals surface area contributed by atoms with Gasteiger partial charge in [-0.1, -0.05) is 0 Å². The van der Waals surface area contributed by atoms with Crippen molar-refractivity contribution in [3.05, 3.63) is 23.9 Å². The van der Waals surface area contributed by atoms with Gasteiger partial charge in [-0.15, -0.1) is 0 Å². The molecule has 7 heteroatoms. The number of ether oxygens (including phenoxy) is 1. The van der Waals surface area contributed by atoms with Crippen LogP contribution in [0.5, 0.6) is 5.88 Å². The zero-order chi connectivity index (χ0) is 11.5. The molecule has 0 aliphatic carbocycles. The van der Waals surface area contributed by atoms with Crippen LogP contribution >= 0.6 is 0 Å². The lowest BCUT2D eigenvalue weighted by Gasteiger charge is -2.06. The molecule has 0 aliphatic rings. The molecule has 0 amide bonds. The number of halogens is 3. The molecule has 0 bridgehead atoms. The lowest BCUT2D eigenvalue weighted by molar-refractivity contribution is -0.140. The van der Waals surface area contributed by atoms with Crippen LogP contribution in [-0.2, 0) is 11.0 Å². The van der Waals surface area contributed by atoms with Crippen LogP contribution < -0.4 is 4.74 Å². The number of carboxylic acid groups (broad SMARTS) is 1. The van der Waals surface area contributed by atoms with Crippen molar-refractivity contribution in [1.29, 1.82) is 0 Å². The average Bonchev–Trinajstić information content (AvgIpc) is 2.14. The van der Waals surface area contributed by atoms with Crippen LogP contribution in [0.2, 0.25) is 0 Å². The van der Waals surface area contributed by atoms with Gasteiger partial charge in [0.2, 0.25) is 5.88 Å². The first kappa shape index (κ1) is 11.3. The molecule has 0 saturated heterocycles. The van der Waals surface area contributed by atoms with Crippen molar-refractivity contribution in [2.45, 2.75) is 6.18 Å². The number of rotatable bonds is 3. The van der Waals surface area contributed by atoms with Gasteiger partial charge in [-0.3, -0.25) is 0 Å². The number of carboxylic acids is 1. The highest BCUT2D eigenvalue weighted by atomic mass is 19.4. The molecule has 0 aliphatic heterocycles. The predicted molar refractivity (Wildman–Crippen MR) is 42.4 cm³/mol. The predicted octanol–water partition coefficient (Wildman–Crippen LogP) is 1.56. The highest BCUT2D eigenvalue weighted by molar-refractivity contribution is 5.68. The summed E-state index contributed by atoms with van der Waals surface area (Å²) in [5.74, 6) is -1.39. The molecule has 82 valence electrons. The molecular weight excluding hydrogens is 215 g/mol. The largest absolute Gasteiger partial charge is 0.479 e. The van der Waals surface area contributed by atoms with E-state index in [1.165, 1.54) is 0 Å². The number of nitrogens with zero attached hydrogens (tertiary/aromatic N) is 1. The summed E-state index contributed by atoms with van der Waals surface area (Å²) in [6.07, 6.45) is -3.88. The molecule has 15 heavy (non-hydrogen) atoms. The van der Waals surface area contributed by atoms with Crippen LogP contribution in [-0.4, -0.2) is 22.7 Å². The monoisotopic (exact) mass is 221 g/mol. The highest BCUT2D eigenvalue weighted by Gasteiger charge is 2.30. The number of aliphatic carboxylic acids is 1. The van der Waals surface area contributed by atoms with Crippen molar-refractivity contribution in [2.75, 3.05) is 6.61 Å². The highest BCUT2D eigenvalue weighted by Crippen LogP contribution is 2.29. The Morgan fingerprint density at radius 1 is 1.47 bits per heavy atom. The second-order valence-corrected chi connectivity index (χ2v) is 2.57. The smallest absolute Gasteiger partial charge is 0.417 e. The van der Waals surface area contributed by atoms with E-state index in [0.717, 1.165) is 12.1 Å². The topological polar surface area (TPSA) is 59.4 Å². The minimum atomic E-state index is -4.46. The van der Waals surface area contributed by atoms with Gasteiger partial charge in [0.05, 0.1) is 5.56 Å². The fraction of sp³-hybridized carbons (Fsp3) is 0.250. The minimum absolute atomic E-state index is 0.162. The van der Waals surface area contributed by atoms with Crippen LogP contribution in [0.1, 0.15) is 5.56 Å². The van der Waals surface area contributed by atoms with Gasteiger partial charge in [-0.2, -0.15) is 13.2 Å². The normalized spacial score (nSPS) is 11.1. The van der Waals surface area contributed by atoms with E-state index in [0.29, 0.717) is 6.20 Å². The number of aromatic nitrogens is 1. The molecule has 1 N–H and O–H groups in total. The molecule has 0 fully saturated rings. The third-order valence-corrected chi connectivity index (χ3v) is 1.41. The fourth-order valence-corrected chi connectivity index (χ4v) is 0.769. The number of alkyl halides is 3. The Bertz CT molecular complexity index is 347. The van der Waals surface area contributed by atoms with E-state index >= 15 is 0 Å². The number of hydrogen-bond acceptors (Lipinski definition) is 3. The quantitative estimate of drug-likeness (QED) is 0.841. The first-order valence-electron chi connectivity index (χ1n) is 3.77. The van der Waals surface area contributed by atoms with Crippen LogP contribution in [0.15, 0.2) is 18.3 Å². The standard InChI is InChI=1S/C8H6F3NO3/c9-8(10,11)5-1-2-6(12-3-5)15-4-7(13)14/h1-3H,4H2,(H,13,14). The van der Waals surface area contributed by atoms with Gasteiger partial charge in [-0.05, 0) is 6.07 Å². The molecule has 0 saturated carbocycles. The lowest BCUT2D eigenvalue weighted by atomic mass is 10.3. The van der Waals surface area contributed by atoms with E-state index in [1.807, 2.05) is 0 Å². The summed E-state index contributed by atoms with van der Waals surface area (Å²) in [5, 5.41) is 8.23. The Kier molecular flexibility index (Phi) is 3.13. The van der Waals surface area contributed by atoms with Gasteiger partial charge < -0.3 is 9.84 Å². The Morgan fingerprint density at radius 2 is 2.13 bits per heavy atom. The van der Waals surface area contributed by atoms with Gasteiger partial charge in [0, 0.05) is 12.3 Å². The van der Waals surface area contributed by atoms with E-state index < -0.39 is 24.3 Å². The zero-order valence-electron chi connectivity index (χ0n) is 7.28. The van der Waals surface area contributed by atoms with Crippen molar-refractivity contribution in [2.24, 2.45) is 0 Å². The molecule has 0 radical (unpaired) electrons. The molecule has 0 unspecified atom stereocenters. The van der Waals surface area contributed by atoms with Gasteiger partial charge in [0.25, 0.3) is 0 Å². The molecule has 1 aromatic heterocycles. The fourth-order valence-electron chi connectivity index (χ4n) is 0.769. The third-order valence-electron chi connectivity index (χ3n) is 1.41. The van der Waals surface area contributed by atoms with E-state index in [9.17, 15) is 18.0 Å². The maximum absolute atomic E-state index is 12.1. The van der Waals surface area contributed by atoms with Crippen molar-refractivity contribution in [1.82, 2.24) is 4.98 Å². The molecule has 1 aromatic rings. The van der Waals surface area contributed by atoms with Crippen molar-refractivity contribution < 1.29 is 27.8 Å². The summed E-state index contributed by atoms with van der Waals surface area (Å²) in [5.41, 5.74) is -0.912. The number of carbonyl (C=O) groups is 1. The van der Waals surface area contributed by atoms with E-state index in [2.05, 4.69) is 9.72 Å². The van der Waals surface area contributed by atoms with E-state index in [1.54, 1.807) is 0 Å². The third kappa shape index (κ3) is 3.45. The molecule has 0 atom stereocenters. The Labute approximate surface area is 82.3 Å². The number of pyridine rings is 1. The summed E-state index contributed by atoms with van der Waals surface area (Å²) in [6.45, 7) is -0.641. The summed E-state index contributed by atoms with van der Waals surface area (Å²) in [4.78, 5) is 13.4. The molecular formula is C8H6F3NO3. The Balaban J connectivity index is 2.69. The first-order chi connectivity index (χ1) is 6.89. The van der Waals surface area contributed by atoms with Crippen molar-refractivity contribution >= 4 is 5.97 Å². The maximum Gasteiger partial charge on any atom is 0.417 e. The van der Waals surface area contributed by atoms with Gasteiger partial charge >= 0.3 is 12.1 Å². The summed E-state index contributed by atoms with van der Waals surface area (Å²) in [6, 6.07) is 1.73. The van der Waals surface area contributed by atoms with Gasteiger partial charge in [0.15, 0.2) is 6.61 Å². The summed E-state index contributed by atoms with van der Waals surface area (Å²) >= 11 is 0. The SMILES string of the molecule is O=C(O)COc1ccc(C(F)(F)F)cn1. The summed E-state index contributed by atoms with van der Waals surface area (Å²) < 4.78 is 40.7. The lowest BCUT2D eigenvalue weighted by Crippen LogP contribution is -2.11. The number of hydrogen-bond donors (Lipinski definition) is 1. The second-order valence-electron chi connectivity index (χ2n) is 2.57. The first-order valence-corrected chi connectivity index (χ1v) is 3.77. The van der Waals surface area contributed by atoms with Crippen LogP contribution in [0.3, 0.4) is 0 Å². The van der Waals surface area contributed by atoms with E-state index in [-0.39, 0.29) is 5.88 Å². The molecule has 4 nitrogen and oxygen atoms in total. The zero-order valence-corrected chi connectivity index (χ0v) is 7.28. The maximum atomic E-state index is 12.1. The summed E-state index contributed by atoms with van der Waals surface area (Å²) in [7, 11) is 0. The average molecular weight is 221 g/mol. The van der Waals surface area contributed by atoms with Crippen LogP contribution in [0.4, 0.5) is 13.2 Å². The van der Waals surface area contributed by atoms with E-state index in [4.69, 9.17) is 5.11 Å². The van der Waals surface area contributed by atoms with Gasteiger partial charge in [0.1, 0.15) is 0 Å². The molecule has 1 heterocycles. The van der Waals surface area contributed by atoms with Crippen LogP contribution in [0.25, 0.3) is 0 Å². The Morgan fingerprint density at radius 3 is 2.53 bits per heavy atom. The van der Waals surface area contributed by atoms with Crippen molar-refractivity contribution in [3.8, 4) is 5.88 Å². The van der Waals surface area contributed by atoms with Gasteiger partial charge in [-0.25, -0.2) is 9.78 Å². The molecule has 1 rings (SSSR count). The second kappa shape index (κ2) is 4.16. The molecule has 0 spiro atoms. The molecule has 0 aromatic carbocycles. The van der Waals surface area contributed by atoms with Crippen LogP contribution in [0, 0.1) is 0 Å².